The number of aryl methyl sites for hydroxylation is 2. The molecule has 1 unspecified atom stereocenters. The Labute approximate surface area is 97.4 Å². The van der Waals surface area contributed by atoms with E-state index in [1.165, 1.54) is 23.5 Å². The quantitative estimate of drug-likeness (QED) is 0.871. The average Bonchev–Trinajstić information content (AvgIpc) is 2.62. The summed E-state index contributed by atoms with van der Waals surface area (Å²) in [5.74, 6) is -0.323. The van der Waals surface area contributed by atoms with Gasteiger partial charge < -0.3 is 5.11 Å². The maximum absolute atomic E-state index is 13.2. The minimum absolute atomic E-state index is 0.323. The van der Waals surface area contributed by atoms with Crippen LogP contribution in [0.25, 0.3) is 0 Å². The molecule has 16 heavy (non-hydrogen) atoms. The first-order chi connectivity index (χ1) is 7.58. The summed E-state index contributed by atoms with van der Waals surface area (Å²) in [6, 6.07) is 4.58. The summed E-state index contributed by atoms with van der Waals surface area (Å²) >= 11 is 1.38. The van der Waals surface area contributed by atoms with Gasteiger partial charge in [-0.2, -0.15) is 0 Å². The van der Waals surface area contributed by atoms with Crippen molar-refractivity contribution >= 4 is 11.3 Å². The van der Waals surface area contributed by atoms with E-state index in [-0.39, 0.29) is 5.82 Å². The molecule has 0 aliphatic carbocycles. The highest BCUT2D eigenvalue weighted by molar-refractivity contribution is 7.09. The van der Waals surface area contributed by atoms with Gasteiger partial charge in [-0.1, -0.05) is 6.07 Å². The molecule has 1 aromatic carbocycles. The number of hydrogen-bond acceptors (Lipinski definition) is 3. The molecule has 0 aliphatic heterocycles. The zero-order valence-electron chi connectivity index (χ0n) is 9.07. The van der Waals surface area contributed by atoms with Crippen LogP contribution in [-0.4, -0.2) is 10.1 Å². The molecule has 4 heteroatoms. The van der Waals surface area contributed by atoms with Crippen LogP contribution in [0, 0.1) is 19.7 Å². The first-order valence-electron chi connectivity index (χ1n) is 4.93. The summed E-state index contributed by atoms with van der Waals surface area (Å²) in [6.07, 6.45) is -0.790. The lowest BCUT2D eigenvalue weighted by atomic mass is 10.0. The largest absolute Gasteiger partial charge is 0.383 e. The second-order valence-electron chi connectivity index (χ2n) is 3.77. The molecule has 0 amide bonds. The Morgan fingerprint density at radius 1 is 1.31 bits per heavy atom. The van der Waals surface area contributed by atoms with Gasteiger partial charge in [0.1, 0.15) is 11.9 Å². The van der Waals surface area contributed by atoms with Crippen molar-refractivity contribution in [3.05, 3.63) is 51.2 Å². The van der Waals surface area contributed by atoms with E-state index in [0.717, 1.165) is 16.1 Å². The highest BCUT2D eigenvalue weighted by Crippen LogP contribution is 2.28. The van der Waals surface area contributed by atoms with Crippen LogP contribution in [0.1, 0.15) is 27.8 Å². The van der Waals surface area contributed by atoms with E-state index in [1.807, 2.05) is 6.92 Å². The monoisotopic (exact) mass is 237 g/mol. The topological polar surface area (TPSA) is 33.1 Å². The molecule has 1 aromatic heterocycles. The average molecular weight is 237 g/mol. The second-order valence-corrected chi connectivity index (χ2v) is 4.65. The highest BCUT2D eigenvalue weighted by atomic mass is 32.1. The number of benzene rings is 1. The molecule has 84 valence electrons. The van der Waals surface area contributed by atoms with Crippen LogP contribution in [0.15, 0.2) is 23.7 Å². The Hall–Kier alpha value is -1.26. The van der Waals surface area contributed by atoms with Crippen molar-refractivity contribution in [3.8, 4) is 0 Å². The van der Waals surface area contributed by atoms with E-state index in [2.05, 4.69) is 4.98 Å². The SMILES string of the molecule is Cc1cc(F)cc(C(O)c2scnc2C)c1. The standard InChI is InChI=1S/C12H12FNOS/c1-7-3-9(5-10(13)4-7)11(15)12-8(2)14-6-16-12/h3-6,11,15H,1-2H3. The fourth-order valence-electron chi connectivity index (χ4n) is 1.65. The normalized spacial score (nSPS) is 12.8. The van der Waals surface area contributed by atoms with Crippen molar-refractivity contribution in [1.29, 1.82) is 0 Å². The molecular formula is C12H12FNOS. The zero-order valence-corrected chi connectivity index (χ0v) is 9.88. The lowest BCUT2D eigenvalue weighted by Gasteiger charge is -2.10. The third-order valence-electron chi connectivity index (χ3n) is 2.41. The molecule has 2 aromatic rings. The van der Waals surface area contributed by atoms with Gasteiger partial charge in [-0.25, -0.2) is 9.37 Å². The Balaban J connectivity index is 2.41. The van der Waals surface area contributed by atoms with Gasteiger partial charge in [0, 0.05) is 0 Å². The van der Waals surface area contributed by atoms with Crippen molar-refractivity contribution in [2.24, 2.45) is 0 Å². The van der Waals surface area contributed by atoms with Crippen LogP contribution < -0.4 is 0 Å². The molecule has 0 saturated carbocycles. The lowest BCUT2D eigenvalue weighted by Crippen LogP contribution is -2.00. The molecule has 2 rings (SSSR count). The summed E-state index contributed by atoms with van der Waals surface area (Å²) in [7, 11) is 0. The summed E-state index contributed by atoms with van der Waals surface area (Å²) in [5.41, 5.74) is 3.85. The predicted octanol–water partition coefficient (Wildman–Crippen LogP) is 2.98. The van der Waals surface area contributed by atoms with Gasteiger partial charge in [0.05, 0.1) is 16.1 Å². The molecular weight excluding hydrogens is 225 g/mol. The number of thiazole rings is 1. The molecule has 0 radical (unpaired) electrons. The molecule has 0 bridgehead atoms. The second kappa shape index (κ2) is 4.31. The number of aliphatic hydroxyl groups excluding tert-OH is 1. The number of halogens is 1. The van der Waals surface area contributed by atoms with Crippen molar-refractivity contribution in [3.63, 3.8) is 0 Å². The fraction of sp³-hybridized carbons (Fsp3) is 0.250. The third-order valence-corrected chi connectivity index (χ3v) is 3.39. The third kappa shape index (κ3) is 2.13. The van der Waals surface area contributed by atoms with Gasteiger partial charge >= 0.3 is 0 Å². The Morgan fingerprint density at radius 2 is 2.06 bits per heavy atom. The van der Waals surface area contributed by atoms with Crippen molar-refractivity contribution in [2.75, 3.05) is 0 Å². The van der Waals surface area contributed by atoms with E-state index in [1.54, 1.807) is 18.5 Å². The highest BCUT2D eigenvalue weighted by Gasteiger charge is 2.16. The Kier molecular flexibility index (Phi) is 3.03. The Morgan fingerprint density at radius 3 is 2.62 bits per heavy atom. The van der Waals surface area contributed by atoms with E-state index in [4.69, 9.17) is 0 Å². The number of hydrogen-bond donors (Lipinski definition) is 1. The van der Waals surface area contributed by atoms with Gasteiger partial charge in [-0.3, -0.25) is 0 Å². The predicted molar refractivity (Wildman–Crippen MR) is 62.0 cm³/mol. The molecule has 1 heterocycles. The van der Waals surface area contributed by atoms with Crippen LogP contribution >= 0.6 is 11.3 Å². The van der Waals surface area contributed by atoms with Crippen LogP contribution in [-0.2, 0) is 0 Å². The van der Waals surface area contributed by atoms with Crippen molar-refractivity contribution in [1.82, 2.24) is 4.98 Å². The van der Waals surface area contributed by atoms with Crippen LogP contribution in [0.5, 0.6) is 0 Å². The Bertz CT molecular complexity index is 489. The summed E-state index contributed by atoms with van der Waals surface area (Å²) < 4.78 is 13.2. The van der Waals surface area contributed by atoms with Gasteiger partial charge in [0.25, 0.3) is 0 Å². The van der Waals surface area contributed by atoms with Crippen LogP contribution in [0.2, 0.25) is 0 Å². The molecule has 1 N–H and O–H groups in total. The molecule has 1 atom stereocenters. The smallest absolute Gasteiger partial charge is 0.123 e. The number of aliphatic hydroxyl groups is 1. The molecule has 2 nitrogen and oxygen atoms in total. The molecule has 0 fully saturated rings. The number of nitrogens with zero attached hydrogens (tertiary/aromatic N) is 1. The van der Waals surface area contributed by atoms with Crippen LogP contribution in [0.3, 0.4) is 0 Å². The zero-order chi connectivity index (χ0) is 11.7. The summed E-state index contributed by atoms with van der Waals surface area (Å²) in [6.45, 7) is 3.64. The minimum atomic E-state index is -0.790. The summed E-state index contributed by atoms with van der Waals surface area (Å²) in [5, 5.41) is 10.1. The maximum atomic E-state index is 13.2. The van der Waals surface area contributed by atoms with E-state index < -0.39 is 6.10 Å². The molecule has 0 saturated heterocycles. The first-order valence-corrected chi connectivity index (χ1v) is 5.81. The lowest BCUT2D eigenvalue weighted by molar-refractivity contribution is 0.222. The van der Waals surface area contributed by atoms with Crippen molar-refractivity contribution in [2.45, 2.75) is 20.0 Å². The fourth-order valence-corrected chi connectivity index (χ4v) is 2.46. The maximum Gasteiger partial charge on any atom is 0.123 e. The molecule has 0 spiro atoms. The van der Waals surface area contributed by atoms with Crippen molar-refractivity contribution < 1.29 is 9.50 Å². The van der Waals surface area contributed by atoms with E-state index in [9.17, 15) is 9.50 Å². The van der Waals surface area contributed by atoms with Gasteiger partial charge in [0.15, 0.2) is 0 Å². The number of rotatable bonds is 2. The van der Waals surface area contributed by atoms with Gasteiger partial charge in [0.2, 0.25) is 0 Å². The molecule has 0 aliphatic rings. The number of aromatic nitrogens is 1. The van der Waals surface area contributed by atoms with Crippen LogP contribution in [0.4, 0.5) is 4.39 Å². The van der Waals surface area contributed by atoms with E-state index >= 15 is 0 Å². The van der Waals surface area contributed by atoms with Gasteiger partial charge in [-0.15, -0.1) is 11.3 Å². The van der Waals surface area contributed by atoms with E-state index in [0.29, 0.717) is 5.56 Å². The first kappa shape index (κ1) is 11.2. The minimum Gasteiger partial charge on any atom is -0.383 e. The van der Waals surface area contributed by atoms with Gasteiger partial charge in [-0.05, 0) is 37.1 Å². The summed E-state index contributed by atoms with van der Waals surface area (Å²) in [4.78, 5) is 4.84.